The summed E-state index contributed by atoms with van der Waals surface area (Å²) in [5, 5.41) is 12.1. The molecule has 0 unspecified atom stereocenters. The molecule has 2 aliphatic rings. The lowest BCUT2D eigenvalue weighted by atomic mass is 9.73. The summed E-state index contributed by atoms with van der Waals surface area (Å²) in [6, 6.07) is -0.249. The summed E-state index contributed by atoms with van der Waals surface area (Å²) in [4.78, 5) is 17.2. The second-order valence-corrected chi connectivity index (χ2v) is 7.23. The summed E-state index contributed by atoms with van der Waals surface area (Å²) >= 11 is 0. The largest absolute Gasteiger partial charge is 0.328 e. The number of fused-ring (bicyclic) bond motifs is 1. The van der Waals surface area contributed by atoms with Gasteiger partial charge in [0.1, 0.15) is 12.4 Å². The van der Waals surface area contributed by atoms with Crippen LogP contribution in [0.15, 0.2) is 23.8 Å². The monoisotopic (exact) mass is 312 g/mol. The lowest BCUT2D eigenvalue weighted by Crippen LogP contribution is -2.36. The van der Waals surface area contributed by atoms with E-state index in [2.05, 4.69) is 34.3 Å². The number of allylic oxidation sites excluding steroid dienone is 2. The van der Waals surface area contributed by atoms with Gasteiger partial charge in [-0.25, -0.2) is 4.68 Å². The molecule has 1 N–H and O–H groups in total. The number of carbonyl (C=O) groups is 1. The minimum absolute atomic E-state index is 0.0420. The maximum absolute atomic E-state index is 12.9. The van der Waals surface area contributed by atoms with Crippen LogP contribution in [0.5, 0.6) is 0 Å². The fourth-order valence-electron chi connectivity index (χ4n) is 3.72. The minimum atomic E-state index is -0.249. The van der Waals surface area contributed by atoms with E-state index < -0.39 is 0 Å². The molecule has 2 aromatic heterocycles. The third-order valence-electron chi connectivity index (χ3n) is 4.62. The third kappa shape index (κ3) is 2.10. The standard InChI is InChI=1S/C16H20N6O/c1-9-10(7-21(4)20-9)14-13-11(5-16(2,3)6-12(13)23)19-15-17-8-18-22(14)15/h7-8,14H,5-6H2,1-4H3,(H,17,18,19)/t14-/m0/s1. The highest BCUT2D eigenvalue weighted by Crippen LogP contribution is 2.45. The molecule has 0 aromatic carbocycles. The Morgan fingerprint density at radius 3 is 2.83 bits per heavy atom. The molecule has 0 spiro atoms. The smallest absolute Gasteiger partial charge is 0.226 e. The molecule has 1 atom stereocenters. The summed E-state index contributed by atoms with van der Waals surface area (Å²) in [6.45, 7) is 6.21. The van der Waals surface area contributed by atoms with Gasteiger partial charge in [-0.2, -0.15) is 15.2 Å². The first-order valence-corrected chi connectivity index (χ1v) is 7.79. The molecule has 3 heterocycles. The van der Waals surface area contributed by atoms with E-state index in [0.717, 1.165) is 28.9 Å². The average Bonchev–Trinajstić information content (AvgIpc) is 3.01. The van der Waals surface area contributed by atoms with E-state index in [4.69, 9.17) is 0 Å². The van der Waals surface area contributed by atoms with Crippen molar-refractivity contribution in [2.75, 3.05) is 5.32 Å². The molecule has 7 nitrogen and oxygen atoms in total. The highest BCUT2D eigenvalue weighted by Gasteiger charge is 2.42. The van der Waals surface area contributed by atoms with Crippen LogP contribution in [0.4, 0.5) is 5.95 Å². The molecule has 0 radical (unpaired) electrons. The maximum atomic E-state index is 12.9. The highest BCUT2D eigenvalue weighted by atomic mass is 16.1. The Labute approximate surface area is 134 Å². The lowest BCUT2D eigenvalue weighted by Gasteiger charge is -2.38. The molecule has 120 valence electrons. The van der Waals surface area contributed by atoms with Crippen LogP contribution in [0.3, 0.4) is 0 Å². The Balaban J connectivity index is 1.93. The quantitative estimate of drug-likeness (QED) is 0.871. The van der Waals surface area contributed by atoms with Gasteiger partial charge in [0.05, 0.1) is 5.69 Å². The van der Waals surface area contributed by atoms with Crippen LogP contribution >= 0.6 is 0 Å². The van der Waals surface area contributed by atoms with Crippen molar-refractivity contribution < 1.29 is 4.79 Å². The lowest BCUT2D eigenvalue weighted by molar-refractivity contribution is -0.118. The normalized spacial score (nSPS) is 22.6. The van der Waals surface area contributed by atoms with Crippen molar-refractivity contribution >= 4 is 11.7 Å². The maximum Gasteiger partial charge on any atom is 0.226 e. The summed E-state index contributed by atoms with van der Waals surface area (Å²) < 4.78 is 3.57. The van der Waals surface area contributed by atoms with Gasteiger partial charge in [-0.1, -0.05) is 13.8 Å². The van der Waals surface area contributed by atoms with Gasteiger partial charge in [-0.15, -0.1) is 0 Å². The van der Waals surface area contributed by atoms with Crippen molar-refractivity contribution in [2.45, 2.75) is 39.7 Å². The number of hydrogen-bond acceptors (Lipinski definition) is 5. The second kappa shape index (κ2) is 4.53. The Morgan fingerprint density at radius 1 is 1.35 bits per heavy atom. The van der Waals surface area contributed by atoms with Gasteiger partial charge in [0.25, 0.3) is 0 Å². The first kappa shape index (κ1) is 14.2. The first-order valence-electron chi connectivity index (χ1n) is 7.79. The number of nitrogens with zero attached hydrogens (tertiary/aromatic N) is 5. The molecule has 2 aromatic rings. The Morgan fingerprint density at radius 2 is 2.13 bits per heavy atom. The van der Waals surface area contributed by atoms with E-state index >= 15 is 0 Å². The Kier molecular flexibility index (Phi) is 2.79. The van der Waals surface area contributed by atoms with E-state index in [9.17, 15) is 4.79 Å². The minimum Gasteiger partial charge on any atom is -0.328 e. The van der Waals surface area contributed by atoms with Crippen LogP contribution in [0.1, 0.15) is 44.0 Å². The van der Waals surface area contributed by atoms with Gasteiger partial charge in [0.2, 0.25) is 5.95 Å². The summed E-state index contributed by atoms with van der Waals surface area (Å²) in [7, 11) is 1.89. The predicted molar refractivity (Wildman–Crippen MR) is 84.8 cm³/mol. The fraction of sp³-hybridized carbons (Fsp3) is 0.500. The van der Waals surface area contributed by atoms with Crippen LogP contribution in [-0.4, -0.2) is 30.3 Å². The van der Waals surface area contributed by atoms with Gasteiger partial charge in [0, 0.05) is 36.5 Å². The summed E-state index contributed by atoms with van der Waals surface area (Å²) in [6.07, 6.45) is 4.87. The van der Waals surface area contributed by atoms with Gasteiger partial charge in [-0.3, -0.25) is 9.48 Å². The Hall–Kier alpha value is -2.44. The van der Waals surface area contributed by atoms with E-state index in [1.807, 2.05) is 20.2 Å². The SMILES string of the molecule is Cc1nn(C)cc1[C@H]1C2=C(CC(C)(C)CC2=O)Nc2ncnn21. The van der Waals surface area contributed by atoms with Crippen LogP contribution < -0.4 is 5.32 Å². The van der Waals surface area contributed by atoms with E-state index in [1.165, 1.54) is 6.33 Å². The van der Waals surface area contributed by atoms with Gasteiger partial charge >= 0.3 is 0 Å². The molecule has 0 saturated carbocycles. The van der Waals surface area contributed by atoms with E-state index in [0.29, 0.717) is 12.4 Å². The summed E-state index contributed by atoms with van der Waals surface area (Å²) in [5.41, 5.74) is 3.64. The van der Waals surface area contributed by atoms with Crippen LogP contribution in [-0.2, 0) is 11.8 Å². The number of hydrogen-bond donors (Lipinski definition) is 1. The van der Waals surface area contributed by atoms with E-state index in [1.54, 1.807) is 9.36 Å². The predicted octanol–water partition coefficient (Wildman–Crippen LogP) is 1.98. The van der Waals surface area contributed by atoms with Crippen LogP contribution in [0, 0.1) is 12.3 Å². The second-order valence-electron chi connectivity index (χ2n) is 7.23. The fourth-order valence-corrected chi connectivity index (χ4v) is 3.72. The zero-order valence-electron chi connectivity index (χ0n) is 13.8. The molecule has 23 heavy (non-hydrogen) atoms. The topological polar surface area (TPSA) is 77.6 Å². The number of nitrogens with one attached hydrogen (secondary N) is 1. The van der Waals surface area contributed by atoms with Crippen LogP contribution in [0.25, 0.3) is 0 Å². The average molecular weight is 312 g/mol. The van der Waals surface area contributed by atoms with Crippen molar-refractivity contribution in [3.05, 3.63) is 35.1 Å². The number of ketones is 1. The van der Waals surface area contributed by atoms with Crippen LogP contribution in [0.2, 0.25) is 0 Å². The zero-order valence-corrected chi connectivity index (χ0v) is 13.8. The Bertz CT molecular complexity index is 841. The third-order valence-corrected chi connectivity index (χ3v) is 4.62. The number of aromatic nitrogens is 5. The van der Waals surface area contributed by atoms with Gasteiger partial charge < -0.3 is 5.32 Å². The number of rotatable bonds is 1. The molecule has 0 saturated heterocycles. The van der Waals surface area contributed by atoms with Crippen molar-refractivity contribution in [1.29, 1.82) is 0 Å². The van der Waals surface area contributed by atoms with Crippen molar-refractivity contribution in [3.63, 3.8) is 0 Å². The number of aryl methyl sites for hydroxylation is 2. The molecular weight excluding hydrogens is 292 g/mol. The molecule has 1 aliphatic carbocycles. The first-order chi connectivity index (χ1) is 10.9. The van der Waals surface area contributed by atoms with Crippen molar-refractivity contribution in [3.8, 4) is 0 Å². The zero-order chi connectivity index (χ0) is 16.4. The van der Waals surface area contributed by atoms with Crippen molar-refractivity contribution in [1.82, 2.24) is 24.5 Å². The molecule has 1 aliphatic heterocycles. The molecule has 0 amide bonds. The highest BCUT2D eigenvalue weighted by molar-refractivity contribution is 6.00. The van der Waals surface area contributed by atoms with Crippen molar-refractivity contribution in [2.24, 2.45) is 12.5 Å². The number of Topliss-reactive ketones (excluding diaryl/α,β-unsaturated/α-hetero) is 1. The van der Waals surface area contributed by atoms with Gasteiger partial charge in [0.15, 0.2) is 5.78 Å². The molecule has 7 heteroatoms. The molecular formula is C16H20N6O. The van der Waals surface area contributed by atoms with Gasteiger partial charge in [-0.05, 0) is 18.8 Å². The summed E-state index contributed by atoms with van der Waals surface area (Å²) in [5.74, 6) is 0.862. The molecule has 0 bridgehead atoms. The number of anilines is 1. The number of carbonyl (C=O) groups excluding carboxylic acids is 1. The van der Waals surface area contributed by atoms with E-state index in [-0.39, 0.29) is 17.2 Å². The molecule has 0 fully saturated rings. The molecule has 4 rings (SSSR count).